The van der Waals surface area contributed by atoms with Gasteiger partial charge >= 0.3 is 0 Å². The molecule has 4 N–H and O–H groups in total. The van der Waals surface area contributed by atoms with Crippen molar-refractivity contribution in [3.63, 3.8) is 0 Å². The van der Waals surface area contributed by atoms with Crippen molar-refractivity contribution in [2.24, 2.45) is 5.73 Å². The van der Waals surface area contributed by atoms with E-state index < -0.39 is 0 Å². The third-order valence-corrected chi connectivity index (χ3v) is 1.08. The molecule has 0 unspecified atom stereocenters. The Morgan fingerprint density at radius 2 is 1.60 bits per heavy atom. The predicted octanol–water partition coefficient (Wildman–Crippen LogP) is -1.45. The van der Waals surface area contributed by atoms with Gasteiger partial charge in [0.1, 0.15) is 0 Å². The molecule has 0 aromatic heterocycles. The smallest absolute Gasteiger partial charge is 0.0946 e. The van der Waals surface area contributed by atoms with E-state index in [1.54, 1.807) is 0 Å². The Morgan fingerprint density at radius 3 is 2.10 bits per heavy atom. The molecule has 61 valence electrons. The Labute approximate surface area is 61.8 Å². The molecule has 0 aromatic rings. The second-order valence-electron chi connectivity index (χ2n) is 1.99. The zero-order chi connectivity index (χ0) is 7.66. The maximum Gasteiger partial charge on any atom is 0.0946 e. The van der Waals surface area contributed by atoms with E-state index in [4.69, 9.17) is 5.73 Å². The molecule has 0 aliphatic rings. The molecule has 0 rings (SSSR count). The molecule has 0 aliphatic heterocycles. The Hall–Kier alpha value is -0.160. The summed E-state index contributed by atoms with van der Waals surface area (Å²) in [6, 6.07) is 0. The van der Waals surface area contributed by atoms with Gasteiger partial charge in [0, 0.05) is 32.7 Å². The largest absolute Gasteiger partial charge is 0.329 e. The van der Waals surface area contributed by atoms with Crippen molar-refractivity contribution >= 4 is 0 Å². The van der Waals surface area contributed by atoms with Gasteiger partial charge in [-0.3, -0.25) is 0 Å². The average molecular weight is 146 g/mol. The van der Waals surface area contributed by atoms with E-state index in [1.807, 2.05) is 0 Å². The molecule has 0 saturated carbocycles. The molecule has 0 fully saturated rings. The number of nitrogens with one attached hydrogen (secondary N) is 2. The first-order valence-electron chi connectivity index (χ1n) is 3.61. The van der Waals surface area contributed by atoms with Gasteiger partial charge in [-0.05, 0) is 0 Å². The number of hydrogen-bond acceptors (Lipinski definition) is 3. The van der Waals surface area contributed by atoms with Gasteiger partial charge in [-0.1, -0.05) is 0 Å². The van der Waals surface area contributed by atoms with Crippen molar-refractivity contribution < 1.29 is 5.11 Å². The summed E-state index contributed by atoms with van der Waals surface area (Å²) in [5.41, 5.74) is 5.24. The zero-order valence-corrected chi connectivity index (χ0v) is 6.23. The molecule has 4 heteroatoms. The van der Waals surface area contributed by atoms with Gasteiger partial charge in [-0.2, -0.15) is 0 Å². The van der Waals surface area contributed by atoms with Crippen LogP contribution in [0.5, 0.6) is 0 Å². The minimum atomic E-state index is -0.0448. The molecule has 0 aliphatic carbocycles. The van der Waals surface area contributed by atoms with Crippen molar-refractivity contribution in [2.75, 3.05) is 39.3 Å². The van der Waals surface area contributed by atoms with E-state index >= 15 is 0 Å². The van der Waals surface area contributed by atoms with Crippen molar-refractivity contribution in [1.29, 1.82) is 0 Å². The van der Waals surface area contributed by atoms with Crippen LogP contribution in [-0.4, -0.2) is 39.3 Å². The third kappa shape index (κ3) is 7.84. The van der Waals surface area contributed by atoms with Crippen LogP contribution < -0.4 is 16.4 Å². The van der Waals surface area contributed by atoms with Gasteiger partial charge < -0.3 is 16.4 Å². The molecule has 4 nitrogen and oxygen atoms in total. The van der Waals surface area contributed by atoms with Gasteiger partial charge in [0.2, 0.25) is 0 Å². The molecular formula is C6H16N3O. The summed E-state index contributed by atoms with van der Waals surface area (Å²) in [5.74, 6) is 0. The van der Waals surface area contributed by atoms with Crippen LogP contribution in [0.4, 0.5) is 0 Å². The normalized spacial score (nSPS) is 10.2. The maximum atomic E-state index is 9.92. The van der Waals surface area contributed by atoms with Crippen LogP contribution in [-0.2, 0) is 5.11 Å². The summed E-state index contributed by atoms with van der Waals surface area (Å²) in [5, 5.41) is 16.0. The molecule has 0 spiro atoms. The summed E-state index contributed by atoms with van der Waals surface area (Å²) >= 11 is 0. The van der Waals surface area contributed by atoms with Gasteiger partial charge in [-0.15, -0.1) is 0 Å². The van der Waals surface area contributed by atoms with Crippen molar-refractivity contribution in [1.82, 2.24) is 10.6 Å². The molecule has 0 saturated heterocycles. The fourth-order valence-corrected chi connectivity index (χ4v) is 0.601. The number of nitrogens with two attached hydrogens (primary N) is 1. The molecule has 0 amide bonds. The van der Waals surface area contributed by atoms with Crippen LogP contribution in [0, 0.1) is 0 Å². The van der Waals surface area contributed by atoms with Crippen LogP contribution >= 0.6 is 0 Å². The Bertz CT molecular complexity index is 53.0. The van der Waals surface area contributed by atoms with E-state index in [0.29, 0.717) is 13.1 Å². The lowest BCUT2D eigenvalue weighted by atomic mass is 10.5. The molecule has 1 radical (unpaired) electrons. The van der Waals surface area contributed by atoms with Gasteiger partial charge in [0.15, 0.2) is 0 Å². The second-order valence-corrected chi connectivity index (χ2v) is 1.99. The van der Waals surface area contributed by atoms with E-state index in [1.165, 1.54) is 0 Å². The lowest BCUT2D eigenvalue weighted by Gasteiger charge is -2.02. The summed E-state index contributed by atoms with van der Waals surface area (Å²) in [4.78, 5) is 0. The van der Waals surface area contributed by atoms with Crippen LogP contribution in [0.15, 0.2) is 0 Å². The fraction of sp³-hybridized carbons (Fsp3) is 1.00. The Kier molecular flexibility index (Phi) is 8.70. The molecule has 10 heavy (non-hydrogen) atoms. The van der Waals surface area contributed by atoms with E-state index in [0.717, 1.165) is 19.6 Å². The van der Waals surface area contributed by atoms with Crippen LogP contribution in [0.3, 0.4) is 0 Å². The Balaban J connectivity index is 2.65. The minimum absolute atomic E-state index is 0.0448. The van der Waals surface area contributed by atoms with Crippen molar-refractivity contribution in [2.45, 2.75) is 0 Å². The van der Waals surface area contributed by atoms with Crippen LogP contribution in [0.2, 0.25) is 0 Å². The highest BCUT2D eigenvalue weighted by atomic mass is 16.3. The summed E-state index contributed by atoms with van der Waals surface area (Å²) in [6.45, 7) is 3.77. The average Bonchev–Trinajstić information content (AvgIpc) is 1.97. The summed E-state index contributed by atoms with van der Waals surface area (Å²) in [6.07, 6.45) is 0. The highest BCUT2D eigenvalue weighted by Crippen LogP contribution is 1.58. The van der Waals surface area contributed by atoms with Gasteiger partial charge in [0.25, 0.3) is 0 Å². The fourth-order valence-electron chi connectivity index (χ4n) is 0.601. The Morgan fingerprint density at radius 1 is 1.00 bits per heavy atom. The summed E-state index contributed by atoms with van der Waals surface area (Å²) in [7, 11) is 0. The number of rotatable bonds is 7. The second kappa shape index (κ2) is 8.84. The molecular weight excluding hydrogens is 130 g/mol. The topological polar surface area (TPSA) is 70.0 Å². The monoisotopic (exact) mass is 146 g/mol. The third-order valence-electron chi connectivity index (χ3n) is 1.08. The highest BCUT2D eigenvalue weighted by Gasteiger charge is 1.84. The van der Waals surface area contributed by atoms with Gasteiger partial charge in [-0.25, -0.2) is 5.11 Å². The quantitative estimate of drug-likeness (QED) is 0.385. The molecule has 0 heterocycles. The van der Waals surface area contributed by atoms with E-state index in [9.17, 15) is 5.11 Å². The standard InChI is InChI=1S/C6H16N3O/c7-1-2-8-3-4-9-5-6-10/h8-9H,1-7H2. The maximum absolute atomic E-state index is 9.92. The first-order chi connectivity index (χ1) is 4.91. The van der Waals surface area contributed by atoms with E-state index in [-0.39, 0.29) is 6.61 Å². The van der Waals surface area contributed by atoms with Crippen molar-refractivity contribution in [3.8, 4) is 0 Å². The molecule has 0 bridgehead atoms. The lowest BCUT2D eigenvalue weighted by molar-refractivity contribution is 0.194. The van der Waals surface area contributed by atoms with Crippen molar-refractivity contribution in [3.05, 3.63) is 0 Å². The van der Waals surface area contributed by atoms with Gasteiger partial charge in [0.05, 0.1) is 6.61 Å². The molecule has 0 aromatic carbocycles. The first kappa shape index (κ1) is 9.84. The lowest BCUT2D eigenvalue weighted by Crippen LogP contribution is -2.31. The van der Waals surface area contributed by atoms with Crippen LogP contribution in [0.1, 0.15) is 0 Å². The predicted molar refractivity (Wildman–Crippen MR) is 40.3 cm³/mol. The summed E-state index contributed by atoms with van der Waals surface area (Å²) < 4.78 is 0. The van der Waals surface area contributed by atoms with Crippen LogP contribution in [0.25, 0.3) is 0 Å². The zero-order valence-electron chi connectivity index (χ0n) is 6.23. The SMILES string of the molecule is NCCNCCNCC[O]. The minimum Gasteiger partial charge on any atom is -0.329 e. The molecule has 0 atom stereocenters. The number of hydrogen-bond donors (Lipinski definition) is 3. The first-order valence-corrected chi connectivity index (χ1v) is 3.61. The van der Waals surface area contributed by atoms with E-state index in [2.05, 4.69) is 10.6 Å². The highest BCUT2D eigenvalue weighted by molar-refractivity contribution is 4.50.